The van der Waals surface area contributed by atoms with E-state index >= 15 is 0 Å². The zero-order valence-corrected chi connectivity index (χ0v) is 24.4. The molecule has 0 aromatic heterocycles. The third-order valence-corrected chi connectivity index (χ3v) is 7.11. The number of aliphatic imine (C=N–C) groups is 1. The highest BCUT2D eigenvalue weighted by molar-refractivity contribution is 6.19. The first-order valence-corrected chi connectivity index (χ1v) is 13.7. The number of allylic oxidation sites excluding steroid dienone is 19. The van der Waals surface area contributed by atoms with E-state index in [0.29, 0.717) is 0 Å². The molecule has 0 aromatic rings. The van der Waals surface area contributed by atoms with E-state index in [-0.39, 0.29) is 11.8 Å². The molecule has 0 spiro atoms. The van der Waals surface area contributed by atoms with Crippen LogP contribution < -0.4 is 0 Å². The van der Waals surface area contributed by atoms with Gasteiger partial charge in [0, 0.05) is 17.4 Å². The highest BCUT2D eigenvalue weighted by Gasteiger charge is 2.35. The van der Waals surface area contributed by atoms with Crippen LogP contribution in [0.25, 0.3) is 0 Å². The van der Waals surface area contributed by atoms with Crippen LogP contribution in [0.2, 0.25) is 0 Å². The van der Waals surface area contributed by atoms with Crippen molar-refractivity contribution < 1.29 is 0 Å². The molecular formula is C36H46N2. The molecule has 2 unspecified atom stereocenters. The Labute approximate surface area is 231 Å². The number of nitrogens with zero attached hydrogens (tertiary/aromatic N) is 1. The van der Waals surface area contributed by atoms with E-state index in [4.69, 9.17) is 10.4 Å². The summed E-state index contributed by atoms with van der Waals surface area (Å²) in [4.78, 5) is 4.77. The highest BCUT2D eigenvalue weighted by Crippen LogP contribution is 2.46. The number of hydrogen-bond acceptors (Lipinski definition) is 1. The minimum Gasteiger partial charge on any atom is -0.290 e. The second kappa shape index (κ2) is 15.0. The van der Waals surface area contributed by atoms with Crippen LogP contribution in [-0.4, -0.2) is 12.1 Å². The molecule has 0 heterocycles. The van der Waals surface area contributed by atoms with E-state index in [9.17, 15) is 0 Å². The first-order chi connectivity index (χ1) is 18.2. The largest absolute Gasteiger partial charge is 0.290 e. The van der Waals surface area contributed by atoms with E-state index in [1.54, 1.807) is 6.08 Å². The van der Waals surface area contributed by atoms with Crippen molar-refractivity contribution in [3.05, 3.63) is 131 Å². The summed E-state index contributed by atoms with van der Waals surface area (Å²) in [5, 5.41) is 8.04. The van der Waals surface area contributed by atoms with E-state index in [2.05, 4.69) is 110 Å². The van der Waals surface area contributed by atoms with Crippen LogP contribution in [0.15, 0.2) is 136 Å². The Bertz CT molecular complexity index is 1220. The van der Waals surface area contributed by atoms with Crippen molar-refractivity contribution in [2.45, 2.75) is 67.2 Å². The minimum atomic E-state index is 0.177. The van der Waals surface area contributed by atoms with Crippen LogP contribution in [0, 0.1) is 17.2 Å². The van der Waals surface area contributed by atoms with Crippen LogP contribution in [0.1, 0.15) is 67.2 Å². The third-order valence-electron chi connectivity index (χ3n) is 7.11. The molecule has 0 amide bonds. The highest BCUT2D eigenvalue weighted by atomic mass is 14.8. The molecule has 0 aromatic carbocycles. The maximum Gasteiger partial charge on any atom is 0.107 e. The van der Waals surface area contributed by atoms with Crippen molar-refractivity contribution in [2.75, 3.05) is 0 Å². The zero-order chi connectivity index (χ0) is 28.2. The van der Waals surface area contributed by atoms with Crippen molar-refractivity contribution in [2.24, 2.45) is 16.8 Å². The van der Waals surface area contributed by atoms with Crippen molar-refractivity contribution in [3.8, 4) is 0 Å². The first-order valence-electron chi connectivity index (χ1n) is 13.7. The fraction of sp³-hybridized carbons (Fsp3) is 0.333. The molecule has 2 atom stereocenters. The van der Waals surface area contributed by atoms with E-state index in [0.717, 1.165) is 42.5 Å². The molecule has 2 nitrogen and oxygen atoms in total. The van der Waals surface area contributed by atoms with Gasteiger partial charge in [-0.25, -0.2) is 4.99 Å². The summed E-state index contributed by atoms with van der Waals surface area (Å²) in [6.45, 7) is 25.1. The van der Waals surface area contributed by atoms with Gasteiger partial charge >= 0.3 is 0 Å². The monoisotopic (exact) mass is 506 g/mol. The van der Waals surface area contributed by atoms with Gasteiger partial charge in [-0.15, -0.1) is 6.58 Å². The molecule has 200 valence electrons. The summed E-state index contributed by atoms with van der Waals surface area (Å²) < 4.78 is 0. The molecule has 0 saturated heterocycles. The van der Waals surface area contributed by atoms with E-state index < -0.39 is 0 Å². The quantitative estimate of drug-likeness (QED) is 0.105. The molecular weight excluding hydrogens is 460 g/mol. The summed E-state index contributed by atoms with van der Waals surface area (Å²) in [5.74, 6) is 0.408. The lowest BCUT2D eigenvalue weighted by molar-refractivity contribution is 0.813. The summed E-state index contributed by atoms with van der Waals surface area (Å²) in [6.07, 6.45) is 26.4. The Balaban J connectivity index is 2.89. The fourth-order valence-corrected chi connectivity index (χ4v) is 5.36. The lowest BCUT2D eigenvalue weighted by atomic mass is 9.82. The topological polar surface area (TPSA) is 36.2 Å². The molecule has 2 rings (SSSR count). The van der Waals surface area contributed by atoms with Crippen LogP contribution in [0.3, 0.4) is 0 Å². The Morgan fingerprint density at radius 2 is 1.97 bits per heavy atom. The third kappa shape index (κ3) is 7.51. The molecule has 2 aliphatic rings. The van der Waals surface area contributed by atoms with Gasteiger partial charge in [-0.1, -0.05) is 87.3 Å². The van der Waals surface area contributed by atoms with Gasteiger partial charge in [-0.2, -0.15) is 0 Å². The fourth-order valence-electron chi connectivity index (χ4n) is 5.36. The van der Waals surface area contributed by atoms with Crippen molar-refractivity contribution >= 4 is 12.1 Å². The van der Waals surface area contributed by atoms with Gasteiger partial charge in [0.1, 0.15) is 6.34 Å². The maximum atomic E-state index is 8.04. The Morgan fingerprint density at radius 3 is 2.55 bits per heavy atom. The smallest absolute Gasteiger partial charge is 0.107 e. The number of hydrogen-bond donors (Lipinski definition) is 1. The molecule has 1 N–H and O–H groups in total. The van der Waals surface area contributed by atoms with Crippen LogP contribution in [0.4, 0.5) is 0 Å². The second-order valence-corrected chi connectivity index (χ2v) is 10.2. The molecule has 38 heavy (non-hydrogen) atoms. The Morgan fingerprint density at radius 1 is 1.24 bits per heavy atom. The molecule has 0 radical (unpaired) electrons. The SMILES string of the molecule is C=CCCC(=C(C)C)/C(=C\C(=C)C=C)C(=NC=N)C1=C(C(C)/C=C(/C=C\C)C(\C)=C/CC)C2=CC=CC1C2. The van der Waals surface area contributed by atoms with Crippen LogP contribution in [0.5, 0.6) is 0 Å². The van der Waals surface area contributed by atoms with Gasteiger partial charge in [0.15, 0.2) is 0 Å². The Kier molecular flexibility index (Phi) is 12.1. The van der Waals surface area contributed by atoms with Gasteiger partial charge in [0.2, 0.25) is 0 Å². The first kappa shape index (κ1) is 30.7. The number of fused-ring (bicyclic) bond motifs is 2. The molecule has 0 aliphatic heterocycles. The van der Waals surface area contributed by atoms with Gasteiger partial charge in [-0.3, -0.25) is 5.41 Å². The second-order valence-electron chi connectivity index (χ2n) is 10.2. The summed E-state index contributed by atoms with van der Waals surface area (Å²) in [6, 6.07) is 0. The minimum absolute atomic E-state index is 0.177. The van der Waals surface area contributed by atoms with Gasteiger partial charge in [0.05, 0.1) is 5.71 Å². The number of nitrogens with one attached hydrogen (secondary N) is 1. The molecule has 2 bridgehead atoms. The molecule has 2 heteroatoms. The lowest BCUT2D eigenvalue weighted by Gasteiger charge is -2.22. The van der Waals surface area contributed by atoms with Crippen LogP contribution >= 0.6 is 0 Å². The average molecular weight is 507 g/mol. The van der Waals surface area contributed by atoms with Crippen LogP contribution in [-0.2, 0) is 0 Å². The van der Waals surface area contributed by atoms with Crippen molar-refractivity contribution in [1.29, 1.82) is 5.41 Å². The van der Waals surface area contributed by atoms with E-state index in [1.807, 2.05) is 6.08 Å². The van der Waals surface area contributed by atoms with Crippen molar-refractivity contribution in [3.63, 3.8) is 0 Å². The summed E-state index contributed by atoms with van der Waals surface area (Å²) in [7, 11) is 0. The standard InChI is InChI=1S/C36H46N2/c1-10-14-20-32(25(5)6)33(21-26(7)13-4)36(38-24-37)35-31-19-15-18-30(23-31)34(35)28(9)22-29(17-12-3)27(8)16-11-2/h10,12-13,15-19,21-22,24,28,31,37H,1,4,7,11,14,20,23H2,2-3,5-6,8-9H3/b17-12-,27-16-,29-22-,33-21+,37-24?,38-36?. The lowest BCUT2D eigenvalue weighted by Crippen LogP contribution is -2.17. The predicted octanol–water partition coefficient (Wildman–Crippen LogP) is 10.3. The summed E-state index contributed by atoms with van der Waals surface area (Å²) >= 11 is 0. The van der Waals surface area contributed by atoms with Gasteiger partial charge < -0.3 is 0 Å². The maximum absolute atomic E-state index is 8.04. The average Bonchev–Trinajstić information content (AvgIpc) is 3.15. The van der Waals surface area contributed by atoms with Crippen molar-refractivity contribution in [1.82, 2.24) is 0 Å². The number of rotatable bonds is 14. The van der Waals surface area contributed by atoms with Gasteiger partial charge in [0.25, 0.3) is 0 Å². The van der Waals surface area contributed by atoms with Gasteiger partial charge in [-0.05, 0) is 98.5 Å². The summed E-state index contributed by atoms with van der Waals surface area (Å²) in [5.41, 5.74) is 11.6. The molecule has 0 saturated carbocycles. The Hall–Kier alpha value is -3.52. The normalized spacial score (nSPS) is 19.0. The van der Waals surface area contributed by atoms with E-state index in [1.165, 1.54) is 45.4 Å². The molecule has 2 aliphatic carbocycles. The predicted molar refractivity (Wildman–Crippen MR) is 170 cm³/mol. The molecule has 0 fully saturated rings. The zero-order valence-electron chi connectivity index (χ0n) is 24.4.